The van der Waals surface area contributed by atoms with Crippen molar-refractivity contribution in [1.29, 1.82) is 0 Å². The number of carbonyl (C=O) groups is 2. The molecule has 0 saturated carbocycles. The third-order valence-corrected chi connectivity index (χ3v) is 5.37. The summed E-state index contributed by atoms with van der Waals surface area (Å²) in [6.45, 7) is -2.46. The molecule has 28 heavy (non-hydrogen) atoms. The number of anilines is 1. The molecule has 0 spiro atoms. The van der Waals surface area contributed by atoms with Crippen molar-refractivity contribution >= 4 is 39.6 Å². The summed E-state index contributed by atoms with van der Waals surface area (Å²) in [7, 11) is 0. The lowest BCUT2D eigenvalue weighted by Gasteiger charge is -2.07. The average Bonchev–Trinajstić information content (AvgIpc) is 3.37. The van der Waals surface area contributed by atoms with E-state index in [0.717, 1.165) is 9.44 Å². The summed E-state index contributed by atoms with van der Waals surface area (Å²) < 4.78 is 26.2. The van der Waals surface area contributed by atoms with Crippen LogP contribution < -0.4 is 10.6 Å². The summed E-state index contributed by atoms with van der Waals surface area (Å²) in [5, 5.41) is 9.41. The van der Waals surface area contributed by atoms with E-state index < -0.39 is 6.55 Å². The molecule has 148 valence electrons. The van der Waals surface area contributed by atoms with E-state index in [0.29, 0.717) is 10.8 Å². The van der Waals surface area contributed by atoms with E-state index >= 15 is 0 Å². The Morgan fingerprint density at radius 1 is 1.21 bits per heavy atom. The quantitative estimate of drug-likeness (QED) is 0.552. The van der Waals surface area contributed by atoms with Crippen molar-refractivity contribution in [3.63, 3.8) is 0 Å². The van der Waals surface area contributed by atoms with Crippen LogP contribution in [0.1, 0.15) is 22.9 Å². The first-order valence-corrected chi connectivity index (χ1v) is 10.1. The highest BCUT2D eigenvalue weighted by Gasteiger charge is 2.13. The Labute approximate surface area is 167 Å². The highest BCUT2D eigenvalue weighted by Crippen LogP contribution is 2.17. The smallest absolute Gasteiger partial charge is 0.319 e. The maximum Gasteiger partial charge on any atom is 0.319 e. The molecule has 0 aromatic carbocycles. The van der Waals surface area contributed by atoms with E-state index in [-0.39, 0.29) is 43.4 Å². The monoisotopic (exact) mass is 425 g/mol. The van der Waals surface area contributed by atoms with Gasteiger partial charge < -0.3 is 10.6 Å². The number of nitrogens with zero attached hydrogens (tertiary/aromatic N) is 3. The van der Waals surface area contributed by atoms with E-state index in [1.165, 1.54) is 35.1 Å². The Kier molecular flexibility index (Phi) is 6.82. The largest absolute Gasteiger partial charge is 0.355 e. The lowest BCUT2D eigenvalue weighted by atomic mass is 10.3. The molecule has 3 aromatic rings. The standard InChI is InChI=1S/C17H17F2N5O2S2/c18-16(19)24-6-5-20-13(24)3-4-21-14(25)8-11-10-28-17(22-11)23-15(26)9-12-2-1-7-27-12/h1-2,5-7,10,16H,3-4,8-9H2,(H,21,25)(H,22,23,26). The van der Waals surface area contributed by atoms with Crippen molar-refractivity contribution in [3.05, 3.63) is 51.7 Å². The molecule has 0 radical (unpaired) electrons. The van der Waals surface area contributed by atoms with Crippen LogP contribution in [0.3, 0.4) is 0 Å². The van der Waals surface area contributed by atoms with E-state index in [4.69, 9.17) is 0 Å². The van der Waals surface area contributed by atoms with Crippen LogP contribution in [0.25, 0.3) is 0 Å². The fourth-order valence-corrected chi connectivity index (χ4v) is 3.87. The van der Waals surface area contributed by atoms with E-state index in [9.17, 15) is 18.4 Å². The second kappa shape index (κ2) is 9.51. The Hall–Kier alpha value is -2.66. The third kappa shape index (κ3) is 5.67. The maximum atomic E-state index is 12.7. The predicted octanol–water partition coefficient (Wildman–Crippen LogP) is 2.88. The van der Waals surface area contributed by atoms with Gasteiger partial charge in [-0.2, -0.15) is 8.78 Å². The molecule has 0 aliphatic heterocycles. The van der Waals surface area contributed by atoms with Crippen LogP contribution in [-0.2, 0) is 28.9 Å². The second-order valence-electron chi connectivity index (χ2n) is 5.75. The van der Waals surface area contributed by atoms with Crippen molar-refractivity contribution in [2.24, 2.45) is 0 Å². The van der Waals surface area contributed by atoms with Crippen LogP contribution in [0.4, 0.5) is 13.9 Å². The summed E-state index contributed by atoms with van der Waals surface area (Å²) in [5.41, 5.74) is 0.531. The summed E-state index contributed by atoms with van der Waals surface area (Å²) >= 11 is 2.75. The first-order chi connectivity index (χ1) is 13.5. The van der Waals surface area contributed by atoms with E-state index in [1.54, 1.807) is 5.38 Å². The average molecular weight is 425 g/mol. The summed E-state index contributed by atoms with van der Waals surface area (Å²) in [5.74, 6) is -0.237. The zero-order valence-corrected chi connectivity index (χ0v) is 16.2. The van der Waals surface area contributed by atoms with Crippen LogP contribution in [0.5, 0.6) is 0 Å². The molecular formula is C17H17F2N5O2S2. The molecule has 3 heterocycles. The second-order valence-corrected chi connectivity index (χ2v) is 7.64. The van der Waals surface area contributed by atoms with Crippen LogP contribution >= 0.6 is 22.7 Å². The van der Waals surface area contributed by atoms with E-state index in [2.05, 4.69) is 20.6 Å². The van der Waals surface area contributed by atoms with Gasteiger partial charge >= 0.3 is 6.55 Å². The van der Waals surface area contributed by atoms with Crippen molar-refractivity contribution < 1.29 is 18.4 Å². The SMILES string of the molecule is O=C(Cc1csc(NC(=O)Cc2cccs2)n1)NCCc1nccn1C(F)F. The highest BCUT2D eigenvalue weighted by molar-refractivity contribution is 7.14. The van der Waals surface area contributed by atoms with E-state index in [1.807, 2.05) is 17.5 Å². The van der Waals surface area contributed by atoms with Gasteiger partial charge in [-0.3, -0.25) is 14.2 Å². The molecule has 0 aliphatic carbocycles. The Morgan fingerprint density at radius 3 is 2.82 bits per heavy atom. The Bertz CT molecular complexity index is 924. The van der Waals surface area contributed by atoms with Crippen molar-refractivity contribution in [3.8, 4) is 0 Å². The number of hydrogen-bond donors (Lipinski definition) is 2. The molecular weight excluding hydrogens is 408 g/mol. The molecule has 3 rings (SSSR count). The van der Waals surface area contributed by atoms with Gasteiger partial charge in [0.25, 0.3) is 0 Å². The van der Waals surface area contributed by atoms with Crippen LogP contribution in [-0.4, -0.2) is 32.9 Å². The minimum absolute atomic E-state index is 0.0422. The maximum absolute atomic E-state index is 12.7. The molecule has 11 heteroatoms. The first kappa shape index (κ1) is 20.1. The lowest BCUT2D eigenvalue weighted by molar-refractivity contribution is -0.120. The lowest BCUT2D eigenvalue weighted by Crippen LogP contribution is -2.28. The van der Waals surface area contributed by atoms with Crippen molar-refractivity contribution in [2.45, 2.75) is 25.8 Å². The number of halogens is 2. The van der Waals surface area contributed by atoms with Gasteiger partial charge in [0.05, 0.1) is 18.5 Å². The zero-order valence-electron chi connectivity index (χ0n) is 14.6. The van der Waals surface area contributed by atoms with Crippen LogP contribution in [0, 0.1) is 0 Å². The highest BCUT2D eigenvalue weighted by atomic mass is 32.1. The number of thiophene rings is 1. The number of amides is 2. The van der Waals surface area contributed by atoms with Gasteiger partial charge in [0.15, 0.2) is 5.13 Å². The molecule has 7 nitrogen and oxygen atoms in total. The summed E-state index contributed by atoms with van der Waals surface area (Å²) in [6, 6.07) is 3.77. The van der Waals surface area contributed by atoms with Gasteiger partial charge in [-0.1, -0.05) is 6.07 Å². The predicted molar refractivity (Wildman–Crippen MR) is 103 cm³/mol. The molecule has 2 amide bonds. The normalized spacial score (nSPS) is 11.0. The van der Waals surface area contributed by atoms with Gasteiger partial charge in [0.1, 0.15) is 5.82 Å². The molecule has 0 fully saturated rings. The van der Waals surface area contributed by atoms with Gasteiger partial charge in [0, 0.05) is 35.6 Å². The van der Waals surface area contributed by atoms with Gasteiger partial charge in [0.2, 0.25) is 11.8 Å². The fourth-order valence-electron chi connectivity index (χ4n) is 2.44. The summed E-state index contributed by atoms with van der Waals surface area (Å²) in [6.07, 6.45) is 3.02. The number of nitrogens with one attached hydrogen (secondary N) is 2. The molecule has 0 saturated heterocycles. The first-order valence-electron chi connectivity index (χ1n) is 8.34. The van der Waals surface area contributed by atoms with Gasteiger partial charge in [-0.05, 0) is 11.4 Å². The van der Waals surface area contributed by atoms with Gasteiger partial charge in [-0.15, -0.1) is 22.7 Å². The van der Waals surface area contributed by atoms with Gasteiger partial charge in [-0.25, -0.2) is 9.97 Å². The number of thiazole rings is 1. The van der Waals surface area contributed by atoms with Crippen LogP contribution in [0.2, 0.25) is 0 Å². The number of hydrogen-bond acceptors (Lipinski definition) is 6. The van der Waals surface area contributed by atoms with Crippen LogP contribution in [0.15, 0.2) is 35.3 Å². The molecule has 0 unspecified atom stereocenters. The molecule has 0 aliphatic rings. The number of rotatable bonds is 9. The van der Waals surface area contributed by atoms with Crippen molar-refractivity contribution in [2.75, 3.05) is 11.9 Å². The molecule has 0 atom stereocenters. The topological polar surface area (TPSA) is 88.9 Å². The number of imidazole rings is 1. The Morgan fingerprint density at radius 2 is 2.07 bits per heavy atom. The number of aromatic nitrogens is 3. The molecule has 2 N–H and O–H groups in total. The minimum Gasteiger partial charge on any atom is -0.355 e. The fraction of sp³-hybridized carbons (Fsp3) is 0.294. The number of alkyl halides is 2. The third-order valence-electron chi connectivity index (χ3n) is 3.68. The summed E-state index contributed by atoms with van der Waals surface area (Å²) in [4.78, 5) is 33.0. The number of carbonyl (C=O) groups excluding carboxylic acids is 2. The molecule has 0 bridgehead atoms. The Balaban J connectivity index is 1.42. The molecule has 3 aromatic heterocycles. The minimum atomic E-state index is -2.66. The van der Waals surface area contributed by atoms with Crippen molar-refractivity contribution in [1.82, 2.24) is 19.9 Å². The zero-order chi connectivity index (χ0) is 19.9.